The molecule has 5 nitrogen and oxygen atoms in total. The van der Waals surface area contributed by atoms with Crippen molar-refractivity contribution in [2.45, 2.75) is 18.8 Å². The molecule has 1 aromatic carbocycles. The van der Waals surface area contributed by atoms with Crippen LogP contribution in [0.4, 0.5) is 0 Å². The number of nitrogens with zero attached hydrogens (tertiary/aromatic N) is 4. The van der Waals surface area contributed by atoms with Crippen molar-refractivity contribution in [1.82, 2.24) is 20.2 Å². The molecule has 0 amide bonds. The molecule has 2 aromatic rings. The van der Waals surface area contributed by atoms with Crippen molar-refractivity contribution in [1.29, 1.82) is 0 Å². The number of rotatable bonds is 2. The van der Waals surface area contributed by atoms with Gasteiger partial charge >= 0.3 is 0 Å². The Bertz CT molecular complexity index is 521. The molecule has 1 unspecified atom stereocenters. The van der Waals surface area contributed by atoms with Gasteiger partial charge in [0.1, 0.15) is 12.6 Å². The van der Waals surface area contributed by atoms with Crippen molar-refractivity contribution in [3.05, 3.63) is 35.7 Å². The number of hydrogen-bond acceptors (Lipinski definition) is 4. The second kappa shape index (κ2) is 3.52. The highest BCUT2D eigenvalue weighted by Crippen LogP contribution is 2.32. The summed E-state index contributed by atoms with van der Waals surface area (Å²) >= 11 is 0. The van der Waals surface area contributed by atoms with Gasteiger partial charge in [-0.05, 0) is 46.5 Å². The monoisotopic (exact) mass is 214 g/mol. The topological polar surface area (TPSA) is 60.7 Å². The molecular formula is C11H10N4O. The third kappa shape index (κ3) is 1.32. The first kappa shape index (κ1) is 9.21. The van der Waals surface area contributed by atoms with Crippen molar-refractivity contribution in [3.8, 4) is 5.69 Å². The predicted molar refractivity (Wildman–Crippen MR) is 56.3 cm³/mol. The van der Waals surface area contributed by atoms with Gasteiger partial charge in [0.15, 0.2) is 0 Å². The van der Waals surface area contributed by atoms with Crippen LogP contribution in [0.2, 0.25) is 0 Å². The summed E-state index contributed by atoms with van der Waals surface area (Å²) in [6, 6.07) is 5.99. The normalized spacial score (nSPS) is 18.4. The van der Waals surface area contributed by atoms with Crippen LogP contribution in [-0.2, 0) is 11.2 Å². The molecule has 1 atom stereocenters. The number of aryl methyl sites for hydroxylation is 1. The molecule has 1 aliphatic rings. The summed E-state index contributed by atoms with van der Waals surface area (Å²) in [5, 5.41) is 11.0. The highest BCUT2D eigenvalue weighted by Gasteiger charge is 2.22. The zero-order valence-electron chi connectivity index (χ0n) is 8.58. The third-order valence-corrected chi connectivity index (χ3v) is 3.03. The lowest BCUT2D eigenvalue weighted by molar-refractivity contribution is -0.109. The molecule has 5 heteroatoms. The Labute approximate surface area is 92.1 Å². The largest absolute Gasteiger partial charge is 0.303 e. The van der Waals surface area contributed by atoms with Gasteiger partial charge in [-0.15, -0.1) is 5.10 Å². The third-order valence-electron chi connectivity index (χ3n) is 3.03. The molecule has 0 radical (unpaired) electrons. The summed E-state index contributed by atoms with van der Waals surface area (Å²) in [6.45, 7) is 0. The fourth-order valence-corrected chi connectivity index (χ4v) is 2.20. The van der Waals surface area contributed by atoms with Crippen molar-refractivity contribution in [2.75, 3.05) is 0 Å². The smallest absolute Gasteiger partial charge is 0.143 e. The lowest BCUT2D eigenvalue weighted by atomic mass is 10.0. The van der Waals surface area contributed by atoms with E-state index in [2.05, 4.69) is 21.6 Å². The number of carbonyl (C=O) groups is 1. The molecule has 0 bridgehead atoms. The average Bonchev–Trinajstić information content (AvgIpc) is 2.97. The summed E-state index contributed by atoms with van der Waals surface area (Å²) in [7, 11) is 0. The molecule has 80 valence electrons. The summed E-state index contributed by atoms with van der Waals surface area (Å²) in [5.41, 5.74) is 3.31. The number of benzene rings is 1. The zero-order chi connectivity index (χ0) is 11.0. The van der Waals surface area contributed by atoms with E-state index in [1.165, 1.54) is 5.56 Å². The molecule has 0 spiro atoms. The Morgan fingerprint density at radius 1 is 1.44 bits per heavy atom. The van der Waals surface area contributed by atoms with Gasteiger partial charge in [0.25, 0.3) is 0 Å². The van der Waals surface area contributed by atoms with E-state index in [4.69, 9.17) is 0 Å². The van der Waals surface area contributed by atoms with Gasteiger partial charge < -0.3 is 4.79 Å². The molecule has 16 heavy (non-hydrogen) atoms. The van der Waals surface area contributed by atoms with Crippen LogP contribution < -0.4 is 0 Å². The quantitative estimate of drug-likeness (QED) is 0.696. The van der Waals surface area contributed by atoms with Gasteiger partial charge in [0, 0.05) is 5.92 Å². The maximum atomic E-state index is 10.8. The van der Waals surface area contributed by atoms with Crippen molar-refractivity contribution in [2.24, 2.45) is 0 Å². The molecule has 1 aromatic heterocycles. The molecule has 0 saturated heterocycles. The van der Waals surface area contributed by atoms with E-state index >= 15 is 0 Å². The molecule has 1 heterocycles. The number of aromatic nitrogens is 4. The van der Waals surface area contributed by atoms with E-state index < -0.39 is 0 Å². The Morgan fingerprint density at radius 3 is 3.12 bits per heavy atom. The van der Waals surface area contributed by atoms with E-state index in [0.29, 0.717) is 0 Å². The van der Waals surface area contributed by atoms with Gasteiger partial charge in [0.05, 0.1) is 5.69 Å². The number of tetrazole rings is 1. The van der Waals surface area contributed by atoms with E-state index in [0.717, 1.165) is 30.4 Å². The maximum Gasteiger partial charge on any atom is 0.143 e. The fourth-order valence-electron chi connectivity index (χ4n) is 2.20. The van der Waals surface area contributed by atoms with Gasteiger partial charge in [-0.3, -0.25) is 0 Å². The van der Waals surface area contributed by atoms with Crippen LogP contribution in [0.1, 0.15) is 23.5 Å². The predicted octanol–water partition coefficient (Wildman–Crippen LogP) is 0.891. The Kier molecular flexibility index (Phi) is 2.02. The SMILES string of the molecule is O=CC1CCc2cc(-n3cnnn3)ccc21. The Morgan fingerprint density at radius 2 is 2.38 bits per heavy atom. The van der Waals surface area contributed by atoms with E-state index in [-0.39, 0.29) is 5.92 Å². The average molecular weight is 214 g/mol. The molecule has 0 N–H and O–H groups in total. The van der Waals surface area contributed by atoms with Crippen LogP contribution in [0.15, 0.2) is 24.5 Å². The zero-order valence-corrected chi connectivity index (χ0v) is 8.58. The van der Waals surface area contributed by atoms with Gasteiger partial charge in [-0.25, -0.2) is 4.68 Å². The summed E-state index contributed by atoms with van der Waals surface area (Å²) < 4.78 is 1.62. The first-order chi connectivity index (χ1) is 7.88. The van der Waals surface area contributed by atoms with E-state index in [1.807, 2.05) is 12.1 Å². The fraction of sp³-hybridized carbons (Fsp3) is 0.273. The van der Waals surface area contributed by atoms with E-state index in [9.17, 15) is 4.79 Å². The van der Waals surface area contributed by atoms with Gasteiger partial charge in [-0.1, -0.05) is 6.07 Å². The van der Waals surface area contributed by atoms with Crippen LogP contribution in [0, 0.1) is 0 Å². The molecule has 0 aliphatic heterocycles. The molecular weight excluding hydrogens is 204 g/mol. The van der Waals surface area contributed by atoms with Crippen LogP contribution in [-0.4, -0.2) is 26.5 Å². The van der Waals surface area contributed by atoms with Crippen molar-refractivity contribution >= 4 is 6.29 Å². The molecule has 3 rings (SSSR count). The minimum Gasteiger partial charge on any atom is -0.303 e. The van der Waals surface area contributed by atoms with Crippen LogP contribution in [0.25, 0.3) is 5.69 Å². The Hall–Kier alpha value is -2.04. The molecule has 0 saturated carbocycles. The minimum atomic E-state index is 0.0675. The standard InChI is InChI=1S/C11H10N4O/c16-6-9-2-1-8-5-10(3-4-11(8)9)15-7-12-13-14-15/h3-7,9H,1-2H2. The van der Waals surface area contributed by atoms with Crippen molar-refractivity contribution < 1.29 is 4.79 Å². The van der Waals surface area contributed by atoms with Crippen LogP contribution in [0.3, 0.4) is 0 Å². The second-order valence-electron chi connectivity index (χ2n) is 3.92. The number of aldehydes is 1. The lowest BCUT2D eigenvalue weighted by Crippen LogP contribution is -1.98. The number of carbonyl (C=O) groups excluding carboxylic acids is 1. The van der Waals surface area contributed by atoms with E-state index in [1.54, 1.807) is 11.0 Å². The second-order valence-corrected chi connectivity index (χ2v) is 3.92. The van der Waals surface area contributed by atoms with Crippen LogP contribution in [0.5, 0.6) is 0 Å². The summed E-state index contributed by atoms with van der Waals surface area (Å²) in [6.07, 6.45) is 4.46. The lowest BCUT2D eigenvalue weighted by Gasteiger charge is -2.05. The molecule has 1 aliphatic carbocycles. The number of fused-ring (bicyclic) bond motifs is 1. The maximum absolute atomic E-state index is 10.8. The van der Waals surface area contributed by atoms with Gasteiger partial charge in [0.2, 0.25) is 0 Å². The first-order valence-electron chi connectivity index (χ1n) is 5.20. The highest BCUT2D eigenvalue weighted by atomic mass is 16.1. The van der Waals surface area contributed by atoms with Crippen LogP contribution >= 0.6 is 0 Å². The van der Waals surface area contributed by atoms with Gasteiger partial charge in [-0.2, -0.15) is 0 Å². The summed E-state index contributed by atoms with van der Waals surface area (Å²) in [5.74, 6) is 0.0675. The first-order valence-corrected chi connectivity index (χ1v) is 5.20. The minimum absolute atomic E-state index is 0.0675. The number of hydrogen-bond donors (Lipinski definition) is 0. The van der Waals surface area contributed by atoms with Crippen molar-refractivity contribution in [3.63, 3.8) is 0 Å². The summed E-state index contributed by atoms with van der Waals surface area (Å²) in [4.78, 5) is 10.8. The Balaban J connectivity index is 2.04. The highest BCUT2D eigenvalue weighted by molar-refractivity contribution is 5.66. The molecule has 0 fully saturated rings.